The molecule has 2 N–H and O–H groups in total. The van der Waals surface area contributed by atoms with E-state index >= 15 is 0 Å². The molecule has 4 heteroatoms. The first-order chi connectivity index (χ1) is 11.1. The molecule has 1 amide bonds. The minimum atomic E-state index is -0.485. The van der Waals surface area contributed by atoms with Gasteiger partial charge in [-0.1, -0.05) is 30.3 Å². The van der Waals surface area contributed by atoms with Gasteiger partial charge in [0.15, 0.2) is 0 Å². The van der Waals surface area contributed by atoms with Gasteiger partial charge in [0.1, 0.15) is 0 Å². The molecule has 0 radical (unpaired) electrons. The molecule has 2 unspecified atom stereocenters. The van der Waals surface area contributed by atoms with E-state index in [2.05, 4.69) is 17.1 Å². The summed E-state index contributed by atoms with van der Waals surface area (Å²) in [7, 11) is 0. The molecule has 0 saturated carbocycles. The summed E-state index contributed by atoms with van der Waals surface area (Å²) < 4.78 is 0. The fraction of sp³-hybridized carbons (Fsp3) is 0.632. The Bertz CT molecular complexity index is 519. The number of benzene rings is 1. The Hall–Kier alpha value is -1.39. The molecule has 1 aromatic rings. The number of carbonyl (C=O) groups is 1. The number of nitrogens with one attached hydrogen (secondary N) is 1. The Morgan fingerprint density at radius 2 is 2.13 bits per heavy atom. The van der Waals surface area contributed by atoms with Crippen LogP contribution < -0.4 is 5.32 Å². The molecule has 0 bridgehead atoms. The van der Waals surface area contributed by atoms with Gasteiger partial charge < -0.3 is 15.3 Å². The van der Waals surface area contributed by atoms with Crippen molar-refractivity contribution in [1.82, 2.24) is 10.2 Å². The summed E-state index contributed by atoms with van der Waals surface area (Å²) in [6.45, 7) is 3.94. The molecule has 4 atom stereocenters. The number of nitrogens with zero attached hydrogens (tertiary/aromatic N) is 1. The van der Waals surface area contributed by atoms with Crippen LogP contribution in [-0.4, -0.2) is 41.1 Å². The number of aliphatic hydroxyl groups excluding tert-OH is 1. The minimum Gasteiger partial charge on any atom is -0.388 e. The lowest BCUT2D eigenvalue weighted by Crippen LogP contribution is -2.46. The molecule has 23 heavy (non-hydrogen) atoms. The number of carbonyl (C=O) groups excluding carboxylic acids is 1. The van der Waals surface area contributed by atoms with Crippen LogP contribution in [-0.2, 0) is 4.79 Å². The molecule has 0 spiro atoms. The molecular formula is C19H28N2O2. The number of hydrogen-bond acceptors (Lipinski definition) is 3. The van der Waals surface area contributed by atoms with Gasteiger partial charge in [-0.3, -0.25) is 4.79 Å². The van der Waals surface area contributed by atoms with E-state index in [9.17, 15) is 9.90 Å². The molecule has 2 fully saturated rings. The van der Waals surface area contributed by atoms with E-state index in [1.165, 1.54) is 0 Å². The Labute approximate surface area is 138 Å². The molecule has 2 heterocycles. The molecule has 3 rings (SSSR count). The summed E-state index contributed by atoms with van der Waals surface area (Å²) in [4.78, 5) is 14.9. The van der Waals surface area contributed by atoms with E-state index in [1.807, 2.05) is 30.3 Å². The van der Waals surface area contributed by atoms with Crippen molar-refractivity contribution in [2.24, 2.45) is 5.92 Å². The standard InChI is InChI=1S/C19H28N2O2/c1-14-12-16(9-10-20-14)19(23)21-11-5-8-17(21)13-18(22)15-6-3-2-4-7-15/h2-4,6-7,14,16-18,20,22H,5,8-13H2,1H3/t14-,16-,17?,18?/m0/s1. The smallest absolute Gasteiger partial charge is 0.226 e. The van der Waals surface area contributed by atoms with Crippen molar-refractivity contribution in [3.05, 3.63) is 35.9 Å². The van der Waals surface area contributed by atoms with Gasteiger partial charge in [-0.05, 0) is 51.1 Å². The predicted octanol–water partition coefficient (Wildman–Crippen LogP) is 2.49. The summed E-state index contributed by atoms with van der Waals surface area (Å²) in [5.41, 5.74) is 0.947. The summed E-state index contributed by atoms with van der Waals surface area (Å²) in [5.74, 6) is 0.460. The first-order valence-electron chi connectivity index (χ1n) is 8.92. The monoisotopic (exact) mass is 316 g/mol. The second kappa shape index (κ2) is 7.45. The summed E-state index contributed by atoms with van der Waals surface area (Å²) in [5, 5.41) is 13.9. The fourth-order valence-corrected chi connectivity index (χ4v) is 4.03. The highest BCUT2D eigenvalue weighted by molar-refractivity contribution is 5.79. The molecular weight excluding hydrogens is 288 g/mol. The normalized spacial score (nSPS) is 29.5. The quantitative estimate of drug-likeness (QED) is 0.897. The average molecular weight is 316 g/mol. The van der Waals surface area contributed by atoms with E-state index in [0.29, 0.717) is 18.4 Å². The van der Waals surface area contributed by atoms with Crippen molar-refractivity contribution in [1.29, 1.82) is 0 Å². The van der Waals surface area contributed by atoms with Crippen LogP contribution in [0.25, 0.3) is 0 Å². The van der Waals surface area contributed by atoms with Crippen molar-refractivity contribution in [3.8, 4) is 0 Å². The molecule has 0 aromatic heterocycles. The van der Waals surface area contributed by atoms with Crippen molar-refractivity contribution < 1.29 is 9.90 Å². The fourth-order valence-electron chi connectivity index (χ4n) is 4.03. The highest BCUT2D eigenvalue weighted by atomic mass is 16.3. The van der Waals surface area contributed by atoms with E-state index in [-0.39, 0.29) is 12.0 Å². The van der Waals surface area contributed by atoms with Gasteiger partial charge in [-0.2, -0.15) is 0 Å². The topological polar surface area (TPSA) is 52.6 Å². The highest BCUT2D eigenvalue weighted by Gasteiger charge is 2.35. The van der Waals surface area contributed by atoms with E-state index in [4.69, 9.17) is 0 Å². The second-order valence-corrected chi connectivity index (χ2v) is 7.07. The second-order valence-electron chi connectivity index (χ2n) is 7.07. The zero-order valence-corrected chi connectivity index (χ0v) is 13.9. The Morgan fingerprint density at radius 3 is 2.87 bits per heavy atom. The predicted molar refractivity (Wildman–Crippen MR) is 90.9 cm³/mol. The summed E-state index contributed by atoms with van der Waals surface area (Å²) in [6.07, 6.45) is 4.10. The first-order valence-corrected chi connectivity index (χ1v) is 8.92. The van der Waals surface area contributed by atoms with E-state index < -0.39 is 6.10 Å². The maximum absolute atomic E-state index is 12.9. The van der Waals surface area contributed by atoms with Crippen molar-refractivity contribution in [3.63, 3.8) is 0 Å². The lowest BCUT2D eigenvalue weighted by molar-refractivity contribution is -0.138. The Balaban J connectivity index is 1.62. The number of hydrogen-bond donors (Lipinski definition) is 2. The minimum absolute atomic E-state index is 0.153. The Kier molecular flexibility index (Phi) is 5.34. The van der Waals surface area contributed by atoms with Crippen LogP contribution in [0.4, 0.5) is 0 Å². The van der Waals surface area contributed by atoms with Crippen LogP contribution in [0.5, 0.6) is 0 Å². The van der Waals surface area contributed by atoms with Crippen LogP contribution >= 0.6 is 0 Å². The average Bonchev–Trinajstić information content (AvgIpc) is 3.03. The number of rotatable bonds is 4. The zero-order valence-electron chi connectivity index (χ0n) is 13.9. The van der Waals surface area contributed by atoms with Crippen LogP contribution in [0.2, 0.25) is 0 Å². The largest absolute Gasteiger partial charge is 0.388 e. The van der Waals surface area contributed by atoms with Gasteiger partial charge in [-0.25, -0.2) is 0 Å². The first kappa shape index (κ1) is 16.5. The lowest BCUT2D eigenvalue weighted by Gasteiger charge is -2.33. The summed E-state index contributed by atoms with van der Waals surface area (Å²) >= 11 is 0. The van der Waals surface area contributed by atoms with Gasteiger partial charge >= 0.3 is 0 Å². The third kappa shape index (κ3) is 3.93. The van der Waals surface area contributed by atoms with Gasteiger partial charge in [0.05, 0.1) is 6.10 Å². The molecule has 2 saturated heterocycles. The zero-order chi connectivity index (χ0) is 16.2. The SMILES string of the molecule is C[C@H]1C[C@@H](C(=O)N2CCCC2CC(O)c2ccccc2)CCN1. The van der Waals surface area contributed by atoms with Gasteiger partial charge in [0.2, 0.25) is 5.91 Å². The van der Waals surface area contributed by atoms with Crippen LogP contribution in [0.15, 0.2) is 30.3 Å². The highest BCUT2D eigenvalue weighted by Crippen LogP contribution is 2.30. The number of aliphatic hydroxyl groups is 1. The molecule has 1 aromatic carbocycles. The van der Waals surface area contributed by atoms with E-state index in [1.54, 1.807) is 0 Å². The number of piperidine rings is 1. The summed E-state index contributed by atoms with van der Waals surface area (Å²) in [6, 6.07) is 10.4. The third-order valence-corrected chi connectivity index (χ3v) is 5.31. The molecule has 2 aliphatic rings. The maximum atomic E-state index is 12.9. The number of likely N-dealkylation sites (tertiary alicyclic amines) is 1. The van der Waals surface area contributed by atoms with Crippen molar-refractivity contribution >= 4 is 5.91 Å². The number of amides is 1. The lowest BCUT2D eigenvalue weighted by atomic mass is 9.91. The van der Waals surface area contributed by atoms with Crippen LogP contribution in [0, 0.1) is 5.92 Å². The van der Waals surface area contributed by atoms with Crippen molar-refractivity contribution in [2.45, 2.75) is 57.2 Å². The van der Waals surface area contributed by atoms with E-state index in [0.717, 1.165) is 44.3 Å². The van der Waals surface area contributed by atoms with Gasteiger partial charge in [0.25, 0.3) is 0 Å². The van der Waals surface area contributed by atoms with Crippen molar-refractivity contribution in [2.75, 3.05) is 13.1 Å². The maximum Gasteiger partial charge on any atom is 0.226 e. The van der Waals surface area contributed by atoms with Gasteiger partial charge in [0, 0.05) is 24.5 Å². The molecule has 126 valence electrons. The van der Waals surface area contributed by atoms with Crippen LogP contribution in [0.3, 0.4) is 0 Å². The Morgan fingerprint density at radius 1 is 1.35 bits per heavy atom. The van der Waals surface area contributed by atoms with Crippen LogP contribution in [0.1, 0.15) is 50.7 Å². The third-order valence-electron chi connectivity index (χ3n) is 5.31. The molecule has 2 aliphatic heterocycles. The molecule has 4 nitrogen and oxygen atoms in total. The van der Waals surface area contributed by atoms with Gasteiger partial charge in [-0.15, -0.1) is 0 Å². The molecule has 0 aliphatic carbocycles.